The van der Waals surface area contributed by atoms with Crippen molar-refractivity contribution >= 4 is 17.6 Å². The minimum Gasteiger partial charge on any atom is -0.487 e. The van der Waals surface area contributed by atoms with E-state index in [4.69, 9.17) is 9.47 Å². The summed E-state index contributed by atoms with van der Waals surface area (Å²) >= 11 is 0. The van der Waals surface area contributed by atoms with E-state index in [2.05, 4.69) is 30.2 Å². The summed E-state index contributed by atoms with van der Waals surface area (Å²) < 4.78 is 12.8. The summed E-state index contributed by atoms with van der Waals surface area (Å²) in [6.45, 7) is 5.16. The molecule has 27 heavy (non-hydrogen) atoms. The molecule has 0 radical (unpaired) electrons. The van der Waals surface area contributed by atoms with Crippen LogP contribution in [-0.2, 0) is 4.74 Å². The van der Waals surface area contributed by atoms with Gasteiger partial charge >= 0.3 is 5.97 Å². The highest BCUT2D eigenvalue weighted by atomic mass is 16.5. The van der Waals surface area contributed by atoms with Gasteiger partial charge in [0.2, 0.25) is 0 Å². The standard InChI is InChI=1S/C17H21N7O3/c1-3-26-16(25)14-15(11(2)21-22-14)27-9-12-5-4-8-23(12)13-6-7-18-17-19-10-20-24(13)17/h6-7,10,12H,3-5,8-9H2,1-2H3,(H,21,22). The number of anilines is 1. The molecule has 1 aliphatic rings. The predicted molar refractivity (Wildman–Crippen MR) is 95.9 cm³/mol. The number of aryl methyl sites for hydroxylation is 1. The predicted octanol–water partition coefficient (Wildman–Crippen LogP) is 1.38. The van der Waals surface area contributed by atoms with Crippen LogP contribution in [0.4, 0.5) is 5.82 Å². The molecule has 142 valence electrons. The molecule has 3 aromatic rings. The number of nitrogens with zero attached hydrogens (tertiary/aromatic N) is 6. The molecule has 1 fully saturated rings. The van der Waals surface area contributed by atoms with E-state index in [1.54, 1.807) is 24.6 Å². The van der Waals surface area contributed by atoms with E-state index < -0.39 is 5.97 Å². The summed E-state index contributed by atoms with van der Waals surface area (Å²) in [5.41, 5.74) is 0.881. The van der Waals surface area contributed by atoms with Gasteiger partial charge in [-0.3, -0.25) is 5.10 Å². The van der Waals surface area contributed by atoms with Gasteiger partial charge in [0.05, 0.1) is 12.6 Å². The maximum absolute atomic E-state index is 12.1. The third-order valence-corrected chi connectivity index (χ3v) is 4.62. The third-order valence-electron chi connectivity index (χ3n) is 4.62. The maximum atomic E-state index is 12.1. The number of nitrogens with one attached hydrogen (secondary N) is 1. The van der Waals surface area contributed by atoms with E-state index in [1.165, 1.54) is 6.33 Å². The molecular formula is C17H21N7O3. The summed E-state index contributed by atoms with van der Waals surface area (Å²) in [6, 6.07) is 2.07. The van der Waals surface area contributed by atoms with Gasteiger partial charge in [0.1, 0.15) is 24.4 Å². The number of esters is 1. The summed E-state index contributed by atoms with van der Waals surface area (Å²) in [4.78, 5) is 22.7. The van der Waals surface area contributed by atoms with Crippen LogP contribution in [0.2, 0.25) is 0 Å². The number of carbonyl (C=O) groups excluding carboxylic acids is 1. The number of carbonyl (C=O) groups is 1. The fraction of sp³-hybridized carbons (Fsp3) is 0.471. The van der Waals surface area contributed by atoms with E-state index in [1.807, 2.05) is 6.07 Å². The average molecular weight is 371 g/mol. The minimum atomic E-state index is -0.463. The van der Waals surface area contributed by atoms with E-state index in [-0.39, 0.29) is 11.7 Å². The first-order valence-electron chi connectivity index (χ1n) is 8.95. The van der Waals surface area contributed by atoms with Crippen molar-refractivity contribution in [3.63, 3.8) is 0 Å². The van der Waals surface area contributed by atoms with Gasteiger partial charge in [-0.25, -0.2) is 9.78 Å². The zero-order valence-electron chi connectivity index (χ0n) is 15.3. The molecule has 4 rings (SSSR count). The second kappa shape index (κ2) is 7.22. The van der Waals surface area contributed by atoms with Gasteiger partial charge in [0.15, 0.2) is 11.4 Å². The van der Waals surface area contributed by atoms with Crippen LogP contribution in [0.15, 0.2) is 18.6 Å². The molecule has 0 saturated carbocycles. The van der Waals surface area contributed by atoms with Crippen LogP contribution in [0.25, 0.3) is 5.78 Å². The lowest BCUT2D eigenvalue weighted by Crippen LogP contribution is -2.35. The molecule has 10 heteroatoms. The van der Waals surface area contributed by atoms with Crippen molar-refractivity contribution in [3.05, 3.63) is 30.0 Å². The van der Waals surface area contributed by atoms with Gasteiger partial charge in [0, 0.05) is 12.7 Å². The third kappa shape index (κ3) is 3.18. The number of aromatic amines is 1. The van der Waals surface area contributed by atoms with E-state index in [0.717, 1.165) is 25.2 Å². The highest BCUT2D eigenvalue weighted by molar-refractivity contribution is 5.90. The van der Waals surface area contributed by atoms with Crippen LogP contribution in [0.5, 0.6) is 5.75 Å². The zero-order valence-corrected chi connectivity index (χ0v) is 15.3. The molecule has 0 aliphatic carbocycles. The number of aromatic nitrogens is 6. The summed E-state index contributed by atoms with van der Waals surface area (Å²) in [5.74, 6) is 1.48. The fourth-order valence-electron chi connectivity index (χ4n) is 3.37. The highest BCUT2D eigenvalue weighted by Crippen LogP contribution is 2.27. The Kier molecular flexibility index (Phi) is 4.61. The number of rotatable bonds is 6. The fourth-order valence-corrected chi connectivity index (χ4v) is 3.37. The van der Waals surface area contributed by atoms with Gasteiger partial charge < -0.3 is 14.4 Å². The Morgan fingerprint density at radius 3 is 3.15 bits per heavy atom. The van der Waals surface area contributed by atoms with Gasteiger partial charge in [-0.15, -0.1) is 0 Å². The second-order valence-corrected chi connectivity index (χ2v) is 6.31. The minimum absolute atomic E-state index is 0.143. The molecular weight excluding hydrogens is 350 g/mol. The van der Waals surface area contributed by atoms with Crippen molar-refractivity contribution in [2.75, 3.05) is 24.7 Å². The number of H-pyrrole nitrogens is 1. The van der Waals surface area contributed by atoms with Crippen molar-refractivity contribution in [2.24, 2.45) is 0 Å². The Hall–Kier alpha value is -3.17. The first kappa shape index (κ1) is 17.3. The van der Waals surface area contributed by atoms with Crippen molar-refractivity contribution in [1.29, 1.82) is 0 Å². The lowest BCUT2D eigenvalue weighted by atomic mass is 10.2. The van der Waals surface area contributed by atoms with Crippen LogP contribution >= 0.6 is 0 Å². The lowest BCUT2D eigenvalue weighted by Gasteiger charge is -2.26. The smallest absolute Gasteiger partial charge is 0.360 e. The van der Waals surface area contributed by atoms with Gasteiger partial charge in [-0.1, -0.05) is 0 Å². The van der Waals surface area contributed by atoms with Gasteiger partial charge in [0.25, 0.3) is 5.78 Å². The van der Waals surface area contributed by atoms with Crippen LogP contribution in [0, 0.1) is 6.92 Å². The average Bonchev–Trinajstić information content (AvgIpc) is 3.39. The Bertz CT molecular complexity index is 951. The monoisotopic (exact) mass is 371 g/mol. The normalized spacial score (nSPS) is 16.8. The van der Waals surface area contributed by atoms with Crippen molar-refractivity contribution < 1.29 is 14.3 Å². The molecule has 0 bridgehead atoms. The van der Waals surface area contributed by atoms with E-state index >= 15 is 0 Å². The van der Waals surface area contributed by atoms with Gasteiger partial charge in [-0.2, -0.15) is 19.7 Å². The van der Waals surface area contributed by atoms with Crippen molar-refractivity contribution in [1.82, 2.24) is 29.8 Å². The van der Waals surface area contributed by atoms with Crippen LogP contribution in [0.3, 0.4) is 0 Å². The van der Waals surface area contributed by atoms with E-state index in [9.17, 15) is 4.79 Å². The summed E-state index contributed by atoms with van der Waals surface area (Å²) in [5, 5.41) is 11.0. The second-order valence-electron chi connectivity index (χ2n) is 6.31. The van der Waals surface area contributed by atoms with Crippen LogP contribution < -0.4 is 9.64 Å². The Morgan fingerprint density at radius 1 is 1.41 bits per heavy atom. The Labute approximate surface area is 155 Å². The van der Waals surface area contributed by atoms with Crippen molar-refractivity contribution in [3.8, 4) is 5.75 Å². The van der Waals surface area contributed by atoms with Crippen LogP contribution in [0.1, 0.15) is 35.9 Å². The SMILES string of the molecule is CCOC(=O)c1[nH]nc(C)c1OCC1CCCN1c1ccnc2ncnn12. The Balaban J connectivity index is 1.53. The molecule has 1 N–H and O–H groups in total. The van der Waals surface area contributed by atoms with Crippen LogP contribution in [-0.4, -0.2) is 61.5 Å². The highest BCUT2D eigenvalue weighted by Gasteiger charge is 2.29. The van der Waals surface area contributed by atoms with Gasteiger partial charge in [-0.05, 0) is 32.8 Å². The molecule has 1 unspecified atom stereocenters. The first-order valence-corrected chi connectivity index (χ1v) is 8.95. The van der Waals surface area contributed by atoms with Crippen molar-refractivity contribution in [2.45, 2.75) is 32.7 Å². The topological polar surface area (TPSA) is 111 Å². The number of hydrogen-bond acceptors (Lipinski definition) is 8. The molecule has 4 heterocycles. The zero-order chi connectivity index (χ0) is 18.8. The quantitative estimate of drug-likeness (QED) is 0.647. The lowest BCUT2D eigenvalue weighted by molar-refractivity contribution is 0.0514. The molecule has 1 saturated heterocycles. The number of ether oxygens (including phenoxy) is 2. The molecule has 1 atom stereocenters. The largest absolute Gasteiger partial charge is 0.487 e. The maximum Gasteiger partial charge on any atom is 0.360 e. The first-order chi connectivity index (χ1) is 13.2. The number of hydrogen-bond donors (Lipinski definition) is 1. The molecule has 3 aromatic heterocycles. The number of fused-ring (bicyclic) bond motifs is 1. The molecule has 10 nitrogen and oxygen atoms in total. The molecule has 0 spiro atoms. The summed E-state index contributed by atoms with van der Waals surface area (Å²) in [6.07, 6.45) is 5.24. The Morgan fingerprint density at radius 2 is 2.30 bits per heavy atom. The summed E-state index contributed by atoms with van der Waals surface area (Å²) in [7, 11) is 0. The van der Waals surface area contributed by atoms with E-state index in [0.29, 0.717) is 30.4 Å². The molecule has 0 aromatic carbocycles. The molecule has 0 amide bonds. The molecule has 1 aliphatic heterocycles.